The van der Waals surface area contributed by atoms with Crippen LogP contribution in [0.5, 0.6) is 17.4 Å². The number of carbonyl (C=O) groups is 1. The van der Waals surface area contributed by atoms with E-state index in [1.807, 2.05) is 6.07 Å². The average molecular weight is 403 g/mol. The monoisotopic (exact) mass is 403 g/mol. The van der Waals surface area contributed by atoms with E-state index in [9.17, 15) is 18.0 Å². The normalized spacial score (nSPS) is 10.9. The third-order valence-corrected chi connectivity index (χ3v) is 3.30. The van der Waals surface area contributed by atoms with E-state index in [0.717, 1.165) is 24.3 Å². The predicted molar refractivity (Wildman–Crippen MR) is 101 cm³/mol. The van der Waals surface area contributed by atoms with E-state index >= 15 is 0 Å². The Balaban J connectivity index is 0.000000360. The van der Waals surface area contributed by atoms with Gasteiger partial charge in [0.15, 0.2) is 0 Å². The average Bonchev–Trinajstić information content (AvgIpc) is 2.68. The molecule has 0 bridgehead atoms. The second-order valence-corrected chi connectivity index (χ2v) is 5.51. The molecule has 5 nitrogen and oxygen atoms in total. The van der Waals surface area contributed by atoms with Crippen molar-refractivity contribution in [3.8, 4) is 17.4 Å². The van der Waals surface area contributed by atoms with Crippen LogP contribution in [0.25, 0.3) is 6.08 Å². The minimum Gasteiger partial charge on any atom is -0.508 e. The van der Waals surface area contributed by atoms with Crippen LogP contribution in [0, 0.1) is 0 Å². The molecular weight excluding hydrogens is 387 g/mol. The first kappa shape index (κ1) is 21.5. The Hall–Kier alpha value is -3.81. The van der Waals surface area contributed by atoms with Gasteiger partial charge < -0.3 is 14.9 Å². The van der Waals surface area contributed by atoms with Crippen LogP contribution >= 0.6 is 0 Å². The Morgan fingerprint density at radius 3 is 2.00 bits per heavy atom. The number of aromatic nitrogens is 1. The molecule has 0 unspecified atom stereocenters. The summed E-state index contributed by atoms with van der Waals surface area (Å²) in [5.41, 5.74) is -0.995. The van der Waals surface area contributed by atoms with Crippen LogP contribution in [-0.4, -0.2) is 21.2 Å². The first-order valence-electron chi connectivity index (χ1n) is 8.22. The number of carboxylic acid groups (broad SMARTS) is 1. The molecule has 0 aliphatic heterocycles. The molecule has 0 saturated heterocycles. The maximum absolute atomic E-state index is 12.7. The molecule has 0 aliphatic carbocycles. The number of carboxylic acids is 1. The minimum atomic E-state index is -4.62. The molecule has 150 valence electrons. The zero-order valence-electron chi connectivity index (χ0n) is 14.9. The van der Waals surface area contributed by atoms with Crippen LogP contribution in [0.2, 0.25) is 0 Å². The molecule has 29 heavy (non-hydrogen) atoms. The second-order valence-electron chi connectivity index (χ2n) is 5.51. The maximum atomic E-state index is 12.7. The van der Waals surface area contributed by atoms with Crippen molar-refractivity contribution in [2.24, 2.45) is 0 Å². The highest BCUT2D eigenvalue weighted by Crippen LogP contribution is 2.32. The predicted octanol–water partition coefficient (Wildman–Crippen LogP) is 5.38. The largest absolute Gasteiger partial charge is 0.508 e. The van der Waals surface area contributed by atoms with Gasteiger partial charge in [0.1, 0.15) is 17.2 Å². The fourth-order valence-electron chi connectivity index (χ4n) is 2.01. The Kier molecular flexibility index (Phi) is 7.36. The van der Waals surface area contributed by atoms with Crippen LogP contribution in [0.3, 0.4) is 0 Å². The molecule has 0 atom stereocenters. The summed E-state index contributed by atoms with van der Waals surface area (Å²) in [7, 11) is 0. The summed E-state index contributed by atoms with van der Waals surface area (Å²) in [5.74, 6) is -0.939. The lowest BCUT2D eigenvalue weighted by Gasteiger charge is -2.11. The van der Waals surface area contributed by atoms with Gasteiger partial charge in [-0.1, -0.05) is 36.4 Å². The van der Waals surface area contributed by atoms with Crippen molar-refractivity contribution in [2.45, 2.75) is 6.18 Å². The van der Waals surface area contributed by atoms with Crippen LogP contribution in [0.1, 0.15) is 11.3 Å². The minimum absolute atomic E-state index is 0.124. The quantitative estimate of drug-likeness (QED) is 0.572. The number of halogens is 3. The topological polar surface area (TPSA) is 79.7 Å². The van der Waals surface area contributed by atoms with E-state index in [1.165, 1.54) is 0 Å². The van der Waals surface area contributed by atoms with Crippen molar-refractivity contribution in [2.75, 3.05) is 0 Å². The fourth-order valence-corrected chi connectivity index (χ4v) is 2.01. The van der Waals surface area contributed by atoms with Gasteiger partial charge in [0, 0.05) is 11.6 Å². The number of para-hydroxylation sites is 2. The van der Waals surface area contributed by atoms with Gasteiger partial charge in [-0.05, 0) is 42.5 Å². The number of pyridine rings is 1. The summed E-state index contributed by atoms with van der Waals surface area (Å²) in [5, 5.41) is 17.2. The number of alkyl halides is 3. The first-order valence-corrected chi connectivity index (χ1v) is 8.22. The van der Waals surface area contributed by atoms with Gasteiger partial charge in [0.25, 0.3) is 0 Å². The highest BCUT2D eigenvalue weighted by molar-refractivity contribution is 5.85. The Labute approximate surface area is 164 Å². The van der Waals surface area contributed by atoms with Gasteiger partial charge in [-0.25, -0.2) is 9.78 Å². The van der Waals surface area contributed by atoms with E-state index in [0.29, 0.717) is 11.5 Å². The number of aromatic hydroxyl groups is 1. The third-order valence-electron chi connectivity index (χ3n) is 3.30. The molecule has 0 spiro atoms. The highest BCUT2D eigenvalue weighted by atomic mass is 19.4. The van der Waals surface area contributed by atoms with Gasteiger partial charge in [-0.15, -0.1) is 0 Å². The number of aliphatic carboxylic acids is 1. The molecule has 1 heterocycles. The lowest BCUT2D eigenvalue weighted by molar-refractivity contribution is -0.141. The summed E-state index contributed by atoms with van der Waals surface area (Å²) < 4.78 is 43.5. The number of ether oxygens (including phenoxy) is 1. The number of hydrogen-bond donors (Lipinski definition) is 2. The molecule has 2 N–H and O–H groups in total. The molecule has 3 rings (SSSR count). The second kappa shape index (κ2) is 9.93. The van der Waals surface area contributed by atoms with Crippen molar-refractivity contribution in [3.05, 3.63) is 90.1 Å². The van der Waals surface area contributed by atoms with Crippen molar-refractivity contribution in [1.29, 1.82) is 0 Å². The van der Waals surface area contributed by atoms with E-state index in [1.54, 1.807) is 54.6 Å². The van der Waals surface area contributed by atoms with E-state index in [2.05, 4.69) is 4.98 Å². The maximum Gasteiger partial charge on any atom is 0.433 e. The molecule has 3 aromatic rings. The SMILES string of the molecule is O=C(O)/C=C/c1ccc(C(F)(F)F)nc1Oc1ccccc1.Oc1ccccc1. The number of benzene rings is 2. The fraction of sp³-hybridized carbons (Fsp3) is 0.0476. The first-order chi connectivity index (χ1) is 13.8. The third kappa shape index (κ3) is 7.37. The standard InChI is InChI=1S/C15H10F3NO3.C6H6O/c16-15(17,18)12-8-6-10(7-9-13(20)21)14(19-12)22-11-4-2-1-3-5-11;7-6-4-2-1-3-5-6/h1-9H,(H,20,21);1-5,7H/b9-7+;. The number of rotatable bonds is 4. The van der Waals surface area contributed by atoms with Crippen molar-refractivity contribution >= 4 is 12.0 Å². The smallest absolute Gasteiger partial charge is 0.433 e. The molecule has 8 heteroatoms. The summed E-state index contributed by atoms with van der Waals surface area (Å²) in [6, 6.07) is 18.7. The molecule has 1 aromatic heterocycles. The Bertz CT molecular complexity index is 959. The molecular formula is C21H16F3NO4. The zero-order chi connectivity index (χ0) is 21.3. The summed E-state index contributed by atoms with van der Waals surface area (Å²) >= 11 is 0. The van der Waals surface area contributed by atoms with Crippen LogP contribution in [0.15, 0.2) is 78.9 Å². The summed E-state index contributed by atoms with van der Waals surface area (Å²) in [6.07, 6.45) is -2.71. The Morgan fingerprint density at radius 1 is 0.931 bits per heavy atom. The van der Waals surface area contributed by atoms with Crippen LogP contribution < -0.4 is 4.74 Å². The van der Waals surface area contributed by atoms with Gasteiger partial charge in [0.2, 0.25) is 5.88 Å². The number of phenols is 1. The van der Waals surface area contributed by atoms with Crippen LogP contribution in [-0.2, 0) is 11.0 Å². The molecule has 0 fully saturated rings. The number of hydrogen-bond acceptors (Lipinski definition) is 4. The van der Waals surface area contributed by atoms with Crippen molar-refractivity contribution in [3.63, 3.8) is 0 Å². The van der Waals surface area contributed by atoms with Crippen molar-refractivity contribution < 1.29 is 32.9 Å². The van der Waals surface area contributed by atoms with E-state index in [4.69, 9.17) is 14.9 Å². The van der Waals surface area contributed by atoms with Gasteiger partial charge >= 0.3 is 12.1 Å². The summed E-state index contributed by atoms with van der Waals surface area (Å²) in [4.78, 5) is 14.0. The van der Waals surface area contributed by atoms with Crippen molar-refractivity contribution in [1.82, 2.24) is 4.98 Å². The van der Waals surface area contributed by atoms with Gasteiger partial charge in [-0.3, -0.25) is 0 Å². The molecule has 2 aromatic carbocycles. The van der Waals surface area contributed by atoms with Crippen LogP contribution in [0.4, 0.5) is 13.2 Å². The van der Waals surface area contributed by atoms with Gasteiger partial charge in [0.05, 0.1) is 0 Å². The molecule has 0 amide bonds. The van der Waals surface area contributed by atoms with E-state index < -0.39 is 17.8 Å². The number of nitrogens with zero attached hydrogens (tertiary/aromatic N) is 1. The van der Waals surface area contributed by atoms with E-state index in [-0.39, 0.29) is 11.4 Å². The highest BCUT2D eigenvalue weighted by Gasteiger charge is 2.33. The molecule has 0 saturated carbocycles. The lowest BCUT2D eigenvalue weighted by Crippen LogP contribution is -2.09. The lowest BCUT2D eigenvalue weighted by atomic mass is 10.2. The number of phenolic OH excluding ortho intramolecular Hbond substituents is 1. The molecule has 0 radical (unpaired) electrons. The molecule has 0 aliphatic rings. The zero-order valence-corrected chi connectivity index (χ0v) is 14.9. The summed E-state index contributed by atoms with van der Waals surface area (Å²) in [6.45, 7) is 0. The Morgan fingerprint density at radius 2 is 1.52 bits per heavy atom. The van der Waals surface area contributed by atoms with Gasteiger partial charge in [-0.2, -0.15) is 13.2 Å².